The van der Waals surface area contributed by atoms with Gasteiger partial charge in [0.05, 0.1) is 34.2 Å². The van der Waals surface area contributed by atoms with Crippen LogP contribution in [0.15, 0.2) is 62.0 Å². The molecule has 16 nitrogen and oxygen atoms in total. The minimum Gasteiger partial charge on any atom is -0.358 e. The molecule has 48 heavy (non-hydrogen) atoms. The number of halogens is 2. The van der Waals surface area contributed by atoms with Crippen molar-refractivity contribution in [1.29, 1.82) is 0 Å². The summed E-state index contributed by atoms with van der Waals surface area (Å²) in [5, 5.41) is 11.4. The van der Waals surface area contributed by atoms with Gasteiger partial charge in [0.1, 0.15) is 25.0 Å². The Bertz CT molecular complexity index is 1860. The maximum atomic E-state index is 14.0. The van der Waals surface area contributed by atoms with Crippen molar-refractivity contribution in [3.63, 3.8) is 0 Å². The quantitative estimate of drug-likeness (QED) is 0.151. The fourth-order valence-electron chi connectivity index (χ4n) is 5.62. The van der Waals surface area contributed by atoms with Crippen LogP contribution in [0.25, 0.3) is 34.0 Å². The molecule has 8 rings (SSSR count). The highest BCUT2D eigenvalue weighted by Gasteiger charge is 2.29. The number of H-pyrrole nitrogens is 2. The summed E-state index contributed by atoms with van der Waals surface area (Å²) in [6, 6.07) is 2.48. The third kappa shape index (κ3) is 6.47. The number of aromatic amines is 2. The van der Waals surface area contributed by atoms with E-state index < -0.39 is 36.2 Å². The van der Waals surface area contributed by atoms with Gasteiger partial charge in [-0.15, -0.1) is 0 Å². The van der Waals surface area contributed by atoms with Crippen molar-refractivity contribution in [2.75, 3.05) is 26.2 Å². The summed E-state index contributed by atoms with van der Waals surface area (Å²) in [6.45, 7) is 1.83. The van der Waals surface area contributed by atoms with Crippen LogP contribution >= 0.6 is 0 Å². The summed E-state index contributed by atoms with van der Waals surface area (Å²) < 4.78 is 31.1. The second-order valence-electron chi connectivity index (χ2n) is 11.3. The number of imidazole rings is 2. The Morgan fingerprint density at radius 2 is 1.17 bits per heavy atom. The molecule has 6 aromatic rings. The van der Waals surface area contributed by atoms with Gasteiger partial charge in [0.2, 0.25) is 11.9 Å². The van der Waals surface area contributed by atoms with Crippen molar-refractivity contribution >= 4 is 33.9 Å². The van der Waals surface area contributed by atoms with E-state index in [2.05, 4.69) is 61.1 Å². The fraction of sp³-hybridized carbons (Fsp3) is 0.333. The number of alkyl halides is 2. The summed E-state index contributed by atoms with van der Waals surface area (Å²) in [7, 11) is 0. The summed E-state index contributed by atoms with van der Waals surface area (Å²) in [5.41, 5.74) is 2.67. The Labute approximate surface area is 271 Å². The van der Waals surface area contributed by atoms with Gasteiger partial charge in [-0.3, -0.25) is 18.7 Å². The third-order valence-electron chi connectivity index (χ3n) is 8.14. The second-order valence-corrected chi connectivity index (χ2v) is 11.3. The first-order chi connectivity index (χ1) is 23.4. The summed E-state index contributed by atoms with van der Waals surface area (Å²) in [5.74, 6) is -0.153. The molecule has 6 aromatic heterocycles. The van der Waals surface area contributed by atoms with Crippen LogP contribution in [0, 0.1) is 0 Å². The van der Waals surface area contributed by atoms with Gasteiger partial charge in [-0.2, -0.15) is 0 Å². The van der Waals surface area contributed by atoms with Gasteiger partial charge in [-0.1, -0.05) is 0 Å². The topological polar surface area (TPSA) is 201 Å². The summed E-state index contributed by atoms with van der Waals surface area (Å²) in [4.78, 5) is 56.7. The van der Waals surface area contributed by atoms with Crippen LogP contribution in [0.5, 0.6) is 0 Å². The van der Waals surface area contributed by atoms with Gasteiger partial charge in [0.15, 0.2) is 11.4 Å². The normalized spacial score (nSPS) is 21.0. The maximum Gasteiger partial charge on any atom is 0.272 e. The van der Waals surface area contributed by atoms with E-state index in [0.29, 0.717) is 59.9 Å². The average molecular weight is 659 g/mol. The van der Waals surface area contributed by atoms with Crippen LogP contribution in [-0.4, -0.2) is 111 Å². The molecule has 0 bridgehead atoms. The highest BCUT2D eigenvalue weighted by atomic mass is 19.1. The van der Waals surface area contributed by atoms with Gasteiger partial charge in [0.25, 0.3) is 11.8 Å². The van der Waals surface area contributed by atoms with Crippen molar-refractivity contribution < 1.29 is 18.4 Å². The first-order valence-corrected chi connectivity index (χ1v) is 15.4. The molecule has 2 aliphatic rings. The molecule has 4 atom stereocenters. The summed E-state index contributed by atoms with van der Waals surface area (Å²) in [6.07, 6.45) is 11.9. The highest BCUT2D eigenvalue weighted by molar-refractivity contribution is 6.04. The van der Waals surface area contributed by atoms with E-state index in [1.54, 1.807) is 71.1 Å². The maximum absolute atomic E-state index is 14.0. The number of nitrogens with zero attached hydrogens (tertiary/aromatic N) is 8. The Kier molecular flexibility index (Phi) is 8.80. The molecule has 18 heteroatoms. The van der Waals surface area contributed by atoms with Crippen LogP contribution in [-0.2, 0) is 0 Å². The number of carbonyl (C=O) groups is 2. The number of nitrogens with one attached hydrogen (secondary N) is 6. The number of carbonyl (C=O) groups excluding carboxylic acids is 2. The molecule has 0 spiro atoms. The Balaban J connectivity index is 0.000000152. The fourth-order valence-corrected chi connectivity index (χ4v) is 5.62. The van der Waals surface area contributed by atoms with E-state index in [1.165, 1.54) is 0 Å². The smallest absolute Gasteiger partial charge is 0.272 e. The Morgan fingerprint density at radius 1 is 0.708 bits per heavy atom. The van der Waals surface area contributed by atoms with Gasteiger partial charge in [-0.25, -0.2) is 38.7 Å². The van der Waals surface area contributed by atoms with Crippen LogP contribution in [0.1, 0.15) is 33.8 Å². The zero-order valence-corrected chi connectivity index (χ0v) is 25.5. The number of amides is 2. The zero-order chi connectivity index (χ0) is 33.0. The number of rotatable bonds is 6. The molecule has 2 amide bonds. The molecule has 0 saturated carbocycles. The number of hydrogen-bond acceptors (Lipinski definition) is 10. The number of hydrogen-bond donors (Lipinski definition) is 6. The van der Waals surface area contributed by atoms with Crippen molar-refractivity contribution in [2.45, 2.75) is 37.3 Å². The second kappa shape index (κ2) is 13.6. The zero-order valence-electron chi connectivity index (χ0n) is 25.5. The summed E-state index contributed by atoms with van der Waals surface area (Å²) >= 11 is 0. The van der Waals surface area contributed by atoms with Crippen molar-refractivity contribution in [1.82, 2.24) is 70.3 Å². The Hall–Kier alpha value is -5.62. The molecule has 2 aliphatic heterocycles. The van der Waals surface area contributed by atoms with Gasteiger partial charge in [0, 0.05) is 50.3 Å². The molecule has 0 aromatic carbocycles. The van der Waals surface area contributed by atoms with E-state index in [9.17, 15) is 18.4 Å². The van der Waals surface area contributed by atoms with E-state index in [4.69, 9.17) is 0 Å². The van der Waals surface area contributed by atoms with Crippen LogP contribution in [0.2, 0.25) is 0 Å². The van der Waals surface area contributed by atoms with Crippen LogP contribution in [0.3, 0.4) is 0 Å². The standard InChI is InChI=1S/2C15H16FN7O/c2*16-9-7-17-3-1-10(9)20-14(24)13-12-11(2-4-19-12)21-15(22-13)23-6-5-18-8-23/h2*2,4-6,8-10,17,19H,1,3,7H2,(H,20,24)/t9-,10+;9-,10-/m01/s1. The minimum absolute atomic E-state index is 0.194. The lowest BCUT2D eigenvalue weighted by molar-refractivity contribution is 0.0882. The van der Waals surface area contributed by atoms with E-state index in [0.717, 1.165) is 0 Å². The van der Waals surface area contributed by atoms with Gasteiger partial charge >= 0.3 is 0 Å². The molecule has 8 heterocycles. The number of aromatic nitrogens is 10. The van der Waals surface area contributed by atoms with Crippen LogP contribution < -0.4 is 21.3 Å². The molecule has 248 valence electrons. The molecule has 6 N–H and O–H groups in total. The molecule has 0 unspecified atom stereocenters. The van der Waals surface area contributed by atoms with E-state index >= 15 is 0 Å². The molecule has 2 fully saturated rings. The van der Waals surface area contributed by atoms with Crippen LogP contribution in [0.4, 0.5) is 8.78 Å². The lowest BCUT2D eigenvalue weighted by atomic mass is 10.0. The van der Waals surface area contributed by atoms with Gasteiger partial charge in [-0.05, 0) is 38.1 Å². The monoisotopic (exact) mass is 658 g/mol. The van der Waals surface area contributed by atoms with Crippen molar-refractivity contribution in [2.24, 2.45) is 0 Å². The highest BCUT2D eigenvalue weighted by Crippen LogP contribution is 2.19. The molecule has 0 radical (unpaired) electrons. The Morgan fingerprint density at radius 3 is 1.56 bits per heavy atom. The number of fused-ring (bicyclic) bond motifs is 2. The lowest BCUT2D eigenvalue weighted by Crippen LogP contribution is -2.51. The molecule has 0 aliphatic carbocycles. The SMILES string of the molecule is O=C(N[C@@H]1CCNC[C@@H]1F)c1nc(-n2ccnc2)nc2cc[nH]c12.O=C(N[C@@H]1CCNC[C@H]1F)c1nc(-n2ccnc2)nc2cc[nH]c12. The molecule has 2 saturated heterocycles. The predicted octanol–water partition coefficient (Wildman–Crippen LogP) is 1.15. The first-order valence-electron chi connectivity index (χ1n) is 15.4. The lowest BCUT2D eigenvalue weighted by Gasteiger charge is -2.27. The van der Waals surface area contributed by atoms with E-state index in [-0.39, 0.29) is 24.5 Å². The number of piperidine rings is 2. The van der Waals surface area contributed by atoms with Crippen molar-refractivity contribution in [3.8, 4) is 11.9 Å². The largest absolute Gasteiger partial charge is 0.358 e. The first kappa shape index (κ1) is 31.0. The van der Waals surface area contributed by atoms with Crippen molar-refractivity contribution in [3.05, 3.63) is 73.4 Å². The average Bonchev–Trinajstić information content (AvgIpc) is 3.93. The third-order valence-corrected chi connectivity index (χ3v) is 8.14. The molecular formula is C30H32F2N14O2. The molecular weight excluding hydrogens is 626 g/mol. The minimum atomic E-state index is -1.11. The van der Waals surface area contributed by atoms with E-state index in [1.807, 2.05) is 0 Å². The van der Waals surface area contributed by atoms with Gasteiger partial charge < -0.3 is 31.2 Å². The predicted molar refractivity (Wildman–Crippen MR) is 169 cm³/mol.